The van der Waals surface area contributed by atoms with Gasteiger partial charge in [-0.25, -0.2) is 4.39 Å². The second-order valence-corrected chi connectivity index (χ2v) is 6.41. The molecule has 1 amide bonds. The minimum atomic E-state index is -0.247. The van der Waals surface area contributed by atoms with Crippen LogP contribution in [0.5, 0.6) is 0 Å². The van der Waals surface area contributed by atoms with Crippen LogP contribution in [0.2, 0.25) is 0 Å². The van der Waals surface area contributed by atoms with E-state index in [1.165, 1.54) is 25.0 Å². The highest BCUT2D eigenvalue weighted by molar-refractivity contribution is 5.78. The maximum Gasteiger partial charge on any atom is 0.236 e. The molecule has 1 fully saturated rings. The molecule has 122 valence electrons. The van der Waals surface area contributed by atoms with E-state index in [1.807, 2.05) is 14.0 Å². The summed E-state index contributed by atoms with van der Waals surface area (Å²) in [5.41, 5.74) is 0.960. The lowest BCUT2D eigenvalue weighted by atomic mass is 10.1. The van der Waals surface area contributed by atoms with Crippen molar-refractivity contribution in [2.45, 2.75) is 39.2 Å². The van der Waals surface area contributed by atoms with E-state index in [2.05, 4.69) is 11.8 Å². The van der Waals surface area contributed by atoms with Gasteiger partial charge in [-0.1, -0.05) is 19.1 Å². The van der Waals surface area contributed by atoms with Gasteiger partial charge in [-0.3, -0.25) is 9.69 Å². The van der Waals surface area contributed by atoms with E-state index in [-0.39, 0.29) is 17.8 Å². The Morgan fingerprint density at radius 2 is 1.95 bits per heavy atom. The van der Waals surface area contributed by atoms with Gasteiger partial charge in [-0.05, 0) is 56.3 Å². The van der Waals surface area contributed by atoms with Gasteiger partial charge in [0.2, 0.25) is 5.91 Å². The molecule has 0 saturated heterocycles. The maximum atomic E-state index is 13.0. The van der Waals surface area contributed by atoms with Crippen molar-refractivity contribution < 1.29 is 9.18 Å². The van der Waals surface area contributed by atoms with Crippen LogP contribution in [0.3, 0.4) is 0 Å². The van der Waals surface area contributed by atoms with Gasteiger partial charge in [0.05, 0.1) is 12.6 Å². The number of hydrogen-bond donors (Lipinski definition) is 0. The van der Waals surface area contributed by atoms with E-state index < -0.39 is 0 Å². The van der Waals surface area contributed by atoms with Crippen LogP contribution in [0.15, 0.2) is 24.3 Å². The van der Waals surface area contributed by atoms with Gasteiger partial charge in [0.25, 0.3) is 0 Å². The lowest BCUT2D eigenvalue weighted by Gasteiger charge is -2.29. The predicted octanol–water partition coefficient (Wildman–Crippen LogP) is 3.47. The summed E-state index contributed by atoms with van der Waals surface area (Å²) < 4.78 is 13.0. The lowest BCUT2D eigenvalue weighted by Crippen LogP contribution is -2.40. The van der Waals surface area contributed by atoms with Gasteiger partial charge in [0.1, 0.15) is 5.82 Å². The summed E-state index contributed by atoms with van der Waals surface area (Å²) in [6.07, 6.45) is 3.67. The van der Waals surface area contributed by atoms with Crippen LogP contribution in [0.1, 0.15) is 44.7 Å². The van der Waals surface area contributed by atoms with E-state index in [9.17, 15) is 9.18 Å². The number of carbonyl (C=O) groups excluding carboxylic acids is 1. The largest absolute Gasteiger partial charge is 0.338 e. The Morgan fingerprint density at radius 1 is 1.32 bits per heavy atom. The first kappa shape index (κ1) is 16.9. The van der Waals surface area contributed by atoms with Crippen LogP contribution in [0.25, 0.3) is 0 Å². The SMILES string of the molecule is CCCN(CC(=O)N(C)C(C)c1ccc(F)cc1)CC1CC1. The molecule has 3 nitrogen and oxygen atoms in total. The van der Waals surface area contributed by atoms with Crippen LogP contribution in [-0.2, 0) is 4.79 Å². The highest BCUT2D eigenvalue weighted by Gasteiger charge is 2.26. The highest BCUT2D eigenvalue weighted by Crippen LogP contribution is 2.29. The maximum absolute atomic E-state index is 13.0. The van der Waals surface area contributed by atoms with E-state index in [0.29, 0.717) is 6.54 Å². The minimum Gasteiger partial charge on any atom is -0.338 e. The molecular weight excluding hydrogens is 279 g/mol. The first-order valence-electron chi connectivity index (χ1n) is 8.24. The van der Waals surface area contributed by atoms with Crippen molar-refractivity contribution >= 4 is 5.91 Å². The second kappa shape index (κ2) is 7.73. The topological polar surface area (TPSA) is 23.6 Å². The van der Waals surface area contributed by atoms with Gasteiger partial charge in [-0.2, -0.15) is 0 Å². The summed E-state index contributed by atoms with van der Waals surface area (Å²) in [6, 6.07) is 6.34. The summed E-state index contributed by atoms with van der Waals surface area (Å²) in [4.78, 5) is 16.6. The fraction of sp³-hybridized carbons (Fsp3) is 0.611. The molecule has 1 unspecified atom stereocenters. The molecule has 1 aromatic rings. The Labute approximate surface area is 133 Å². The van der Waals surface area contributed by atoms with Gasteiger partial charge in [0, 0.05) is 13.6 Å². The zero-order valence-electron chi connectivity index (χ0n) is 13.9. The molecule has 22 heavy (non-hydrogen) atoms. The molecule has 0 spiro atoms. The molecule has 0 N–H and O–H groups in total. The van der Waals surface area contributed by atoms with E-state index >= 15 is 0 Å². The van der Waals surface area contributed by atoms with Crippen molar-refractivity contribution in [3.05, 3.63) is 35.6 Å². The average Bonchev–Trinajstić information content (AvgIpc) is 3.30. The Bertz CT molecular complexity index is 484. The molecule has 1 aromatic carbocycles. The van der Waals surface area contributed by atoms with Crippen molar-refractivity contribution in [2.75, 3.05) is 26.7 Å². The van der Waals surface area contributed by atoms with E-state index in [1.54, 1.807) is 17.0 Å². The molecule has 1 atom stereocenters. The van der Waals surface area contributed by atoms with E-state index in [4.69, 9.17) is 0 Å². The monoisotopic (exact) mass is 306 g/mol. The van der Waals surface area contributed by atoms with Crippen LogP contribution in [-0.4, -0.2) is 42.4 Å². The summed E-state index contributed by atoms with van der Waals surface area (Å²) in [7, 11) is 1.83. The number of nitrogens with zero attached hydrogens (tertiary/aromatic N) is 2. The zero-order chi connectivity index (χ0) is 16.1. The Balaban J connectivity index is 1.92. The van der Waals surface area contributed by atoms with E-state index in [0.717, 1.165) is 31.0 Å². The lowest BCUT2D eigenvalue weighted by molar-refractivity contribution is -0.133. The third kappa shape index (κ3) is 4.80. The number of likely N-dealkylation sites (N-methyl/N-ethyl adjacent to an activating group) is 1. The Hall–Kier alpha value is -1.42. The fourth-order valence-corrected chi connectivity index (χ4v) is 2.70. The van der Waals surface area contributed by atoms with Crippen LogP contribution < -0.4 is 0 Å². The molecule has 4 heteroatoms. The number of benzene rings is 1. The standard InChI is InChI=1S/C18H27FN2O/c1-4-11-21(12-15-5-6-15)13-18(22)20(3)14(2)16-7-9-17(19)10-8-16/h7-10,14-15H,4-6,11-13H2,1-3H3. The van der Waals surface area contributed by atoms with Crippen molar-refractivity contribution in [1.82, 2.24) is 9.80 Å². The quantitative estimate of drug-likeness (QED) is 0.734. The van der Waals surface area contributed by atoms with Gasteiger partial charge in [0.15, 0.2) is 0 Å². The average molecular weight is 306 g/mol. The number of rotatable bonds is 8. The highest BCUT2D eigenvalue weighted by atomic mass is 19.1. The molecule has 1 aliphatic carbocycles. The first-order chi connectivity index (χ1) is 10.5. The summed E-state index contributed by atoms with van der Waals surface area (Å²) >= 11 is 0. The van der Waals surface area contributed by atoms with Crippen LogP contribution >= 0.6 is 0 Å². The normalized spacial score (nSPS) is 15.9. The number of hydrogen-bond acceptors (Lipinski definition) is 2. The molecule has 1 aliphatic rings. The van der Waals surface area contributed by atoms with Gasteiger partial charge >= 0.3 is 0 Å². The van der Waals surface area contributed by atoms with Gasteiger partial charge < -0.3 is 4.90 Å². The predicted molar refractivity (Wildman–Crippen MR) is 87.0 cm³/mol. The third-order valence-electron chi connectivity index (χ3n) is 4.44. The van der Waals surface area contributed by atoms with Crippen LogP contribution in [0.4, 0.5) is 4.39 Å². The smallest absolute Gasteiger partial charge is 0.236 e. The number of carbonyl (C=O) groups is 1. The Morgan fingerprint density at radius 3 is 2.50 bits per heavy atom. The van der Waals surface area contributed by atoms with Gasteiger partial charge in [-0.15, -0.1) is 0 Å². The molecule has 0 aliphatic heterocycles. The fourth-order valence-electron chi connectivity index (χ4n) is 2.70. The second-order valence-electron chi connectivity index (χ2n) is 6.41. The van der Waals surface area contributed by atoms with Crippen molar-refractivity contribution in [3.8, 4) is 0 Å². The molecule has 2 rings (SSSR count). The van der Waals surface area contributed by atoms with Crippen molar-refractivity contribution in [1.29, 1.82) is 0 Å². The Kier molecular flexibility index (Phi) is 5.95. The molecular formula is C18H27FN2O. The summed E-state index contributed by atoms with van der Waals surface area (Å²) in [5.74, 6) is 0.675. The van der Waals surface area contributed by atoms with Crippen molar-refractivity contribution in [3.63, 3.8) is 0 Å². The summed E-state index contributed by atoms with van der Waals surface area (Å²) in [5, 5.41) is 0. The number of halogens is 1. The third-order valence-corrected chi connectivity index (χ3v) is 4.44. The molecule has 0 aromatic heterocycles. The van der Waals surface area contributed by atoms with Crippen molar-refractivity contribution in [2.24, 2.45) is 5.92 Å². The minimum absolute atomic E-state index is 0.0440. The molecule has 0 radical (unpaired) electrons. The first-order valence-corrected chi connectivity index (χ1v) is 8.24. The summed E-state index contributed by atoms with van der Waals surface area (Å²) in [6.45, 7) is 6.62. The van der Waals surface area contributed by atoms with Crippen LogP contribution in [0, 0.1) is 11.7 Å². The molecule has 1 saturated carbocycles. The molecule has 0 bridgehead atoms. The molecule has 0 heterocycles. The zero-order valence-corrected chi connectivity index (χ0v) is 13.9. The number of amides is 1.